The lowest BCUT2D eigenvalue weighted by Gasteiger charge is -2.18. The van der Waals surface area contributed by atoms with E-state index in [1.807, 2.05) is 6.07 Å². The number of amides is 2. The van der Waals surface area contributed by atoms with Gasteiger partial charge < -0.3 is 5.32 Å². The van der Waals surface area contributed by atoms with Crippen LogP contribution in [0, 0.1) is 17.1 Å². The van der Waals surface area contributed by atoms with Gasteiger partial charge in [0.1, 0.15) is 22.5 Å². The minimum absolute atomic E-state index is 0.141. The molecule has 2 aromatic carbocycles. The summed E-state index contributed by atoms with van der Waals surface area (Å²) in [4.78, 5) is 26.7. The molecule has 0 unspecified atom stereocenters. The van der Waals surface area contributed by atoms with Crippen LogP contribution in [-0.4, -0.2) is 24.1 Å². The Hall–Kier alpha value is -2.82. The van der Waals surface area contributed by atoms with Gasteiger partial charge in [0.25, 0.3) is 5.91 Å². The lowest BCUT2D eigenvalue weighted by atomic mass is 10.1. The van der Waals surface area contributed by atoms with Gasteiger partial charge in [-0.05, 0) is 48.4 Å². The zero-order valence-corrected chi connectivity index (χ0v) is 16.4. The van der Waals surface area contributed by atoms with Crippen molar-refractivity contribution in [1.82, 2.24) is 5.32 Å². The summed E-state index contributed by atoms with van der Waals surface area (Å²) in [5, 5.41) is 12.1. The number of halogens is 2. The van der Waals surface area contributed by atoms with E-state index >= 15 is 0 Å². The van der Waals surface area contributed by atoms with Crippen molar-refractivity contribution in [2.75, 3.05) is 11.9 Å². The number of benzene rings is 2. The van der Waals surface area contributed by atoms with Crippen molar-refractivity contribution in [1.29, 1.82) is 5.26 Å². The SMILES string of the molecule is CNC(=O)/C(C#N)=C1\S[C@H](Cc2ccc(F)cc2)C(=O)N1c1ccc(Cl)cc1. The highest BCUT2D eigenvalue weighted by Crippen LogP contribution is 2.42. The molecule has 3 rings (SSSR count). The molecular weight excluding hydrogens is 401 g/mol. The monoisotopic (exact) mass is 415 g/mol. The number of likely N-dealkylation sites (N-methyl/N-ethyl adjacent to an activating group) is 1. The molecule has 28 heavy (non-hydrogen) atoms. The predicted molar refractivity (Wildman–Crippen MR) is 107 cm³/mol. The second kappa shape index (κ2) is 8.46. The van der Waals surface area contributed by atoms with Crippen LogP contribution in [0.4, 0.5) is 10.1 Å². The fraction of sp³-hybridized carbons (Fsp3) is 0.150. The molecule has 1 heterocycles. The average Bonchev–Trinajstić information content (AvgIpc) is 3.00. The summed E-state index contributed by atoms with van der Waals surface area (Å²) in [6.07, 6.45) is 0.337. The zero-order chi connectivity index (χ0) is 20.3. The van der Waals surface area contributed by atoms with Gasteiger partial charge in [-0.1, -0.05) is 35.5 Å². The van der Waals surface area contributed by atoms with Gasteiger partial charge in [0.2, 0.25) is 5.91 Å². The smallest absolute Gasteiger partial charge is 0.264 e. The molecule has 1 aliphatic rings. The van der Waals surface area contributed by atoms with Crippen LogP contribution < -0.4 is 10.2 Å². The first-order chi connectivity index (χ1) is 13.4. The molecule has 0 aromatic heterocycles. The number of nitrogens with zero attached hydrogens (tertiary/aromatic N) is 2. The van der Waals surface area contributed by atoms with Crippen molar-refractivity contribution < 1.29 is 14.0 Å². The number of thioether (sulfide) groups is 1. The third-order valence-corrected chi connectivity index (χ3v) is 5.67. The van der Waals surface area contributed by atoms with E-state index in [1.54, 1.807) is 36.4 Å². The summed E-state index contributed by atoms with van der Waals surface area (Å²) in [6.45, 7) is 0. The standard InChI is InChI=1S/C20H15ClFN3O2S/c1-24-18(26)16(11-23)20-25(15-8-4-13(21)5-9-15)19(27)17(28-20)10-12-2-6-14(22)7-3-12/h2-9,17H,10H2,1H3,(H,24,26)/b20-16-/t17-/m1/s1. The molecule has 1 atom stereocenters. The Balaban J connectivity index is 2.03. The normalized spacial score (nSPS) is 18.0. The lowest BCUT2D eigenvalue weighted by Crippen LogP contribution is -2.31. The van der Waals surface area contributed by atoms with Gasteiger partial charge in [0.15, 0.2) is 0 Å². The molecule has 1 saturated heterocycles. The van der Waals surface area contributed by atoms with E-state index in [2.05, 4.69) is 5.32 Å². The quantitative estimate of drug-likeness (QED) is 0.611. The number of rotatable bonds is 4. The third-order valence-electron chi connectivity index (χ3n) is 4.15. The highest BCUT2D eigenvalue weighted by atomic mass is 35.5. The molecule has 0 spiro atoms. The fourth-order valence-corrected chi connectivity index (χ4v) is 4.21. The van der Waals surface area contributed by atoms with E-state index in [-0.39, 0.29) is 22.3 Å². The zero-order valence-electron chi connectivity index (χ0n) is 14.8. The Kier molecular flexibility index (Phi) is 6.02. The summed E-state index contributed by atoms with van der Waals surface area (Å²) in [7, 11) is 1.42. The number of anilines is 1. The third kappa shape index (κ3) is 4.03. The first-order valence-electron chi connectivity index (χ1n) is 8.31. The molecule has 1 fully saturated rings. The number of hydrogen-bond acceptors (Lipinski definition) is 4. The summed E-state index contributed by atoms with van der Waals surface area (Å²) in [5.74, 6) is -1.19. The minimum atomic E-state index is -0.570. The molecule has 5 nitrogen and oxygen atoms in total. The van der Waals surface area contributed by atoms with E-state index in [1.165, 1.54) is 24.1 Å². The van der Waals surface area contributed by atoms with Crippen LogP contribution in [-0.2, 0) is 16.0 Å². The minimum Gasteiger partial charge on any atom is -0.354 e. The first-order valence-corrected chi connectivity index (χ1v) is 9.57. The van der Waals surface area contributed by atoms with E-state index in [0.717, 1.165) is 17.3 Å². The molecule has 2 amide bonds. The summed E-state index contributed by atoms with van der Waals surface area (Å²) >= 11 is 7.08. The van der Waals surface area contributed by atoms with E-state index in [0.29, 0.717) is 17.1 Å². The second-order valence-corrected chi connectivity index (χ2v) is 7.59. The molecule has 2 aromatic rings. The second-order valence-electron chi connectivity index (χ2n) is 5.96. The Bertz CT molecular complexity index is 984. The van der Waals surface area contributed by atoms with Crippen LogP contribution >= 0.6 is 23.4 Å². The van der Waals surface area contributed by atoms with Crippen LogP contribution in [0.3, 0.4) is 0 Å². The van der Waals surface area contributed by atoms with Gasteiger partial charge in [-0.25, -0.2) is 4.39 Å². The van der Waals surface area contributed by atoms with Crippen molar-refractivity contribution in [3.8, 4) is 6.07 Å². The van der Waals surface area contributed by atoms with Crippen LogP contribution in [0.5, 0.6) is 0 Å². The van der Waals surface area contributed by atoms with Crippen molar-refractivity contribution in [3.05, 3.63) is 75.5 Å². The Morgan fingerprint density at radius 2 is 1.89 bits per heavy atom. The topological polar surface area (TPSA) is 73.2 Å². The number of nitriles is 1. The summed E-state index contributed by atoms with van der Waals surface area (Å²) < 4.78 is 13.2. The van der Waals surface area contributed by atoms with E-state index < -0.39 is 11.2 Å². The molecular formula is C20H15ClFN3O2S. The van der Waals surface area contributed by atoms with Crippen molar-refractivity contribution in [2.45, 2.75) is 11.7 Å². The van der Waals surface area contributed by atoms with Gasteiger partial charge in [-0.3, -0.25) is 14.5 Å². The largest absolute Gasteiger partial charge is 0.354 e. The number of hydrogen-bond donors (Lipinski definition) is 1. The Morgan fingerprint density at radius 3 is 2.46 bits per heavy atom. The Labute approximate surface area is 170 Å². The van der Waals surface area contributed by atoms with Crippen LogP contribution in [0.25, 0.3) is 0 Å². The maximum Gasteiger partial charge on any atom is 0.264 e. The van der Waals surface area contributed by atoms with Gasteiger partial charge in [-0.2, -0.15) is 5.26 Å². The predicted octanol–water partition coefficient (Wildman–Crippen LogP) is 3.65. The summed E-state index contributed by atoms with van der Waals surface area (Å²) in [6, 6.07) is 14.4. The molecule has 0 radical (unpaired) electrons. The summed E-state index contributed by atoms with van der Waals surface area (Å²) in [5.41, 5.74) is 1.15. The van der Waals surface area contributed by atoms with Gasteiger partial charge in [0, 0.05) is 17.8 Å². The molecule has 0 aliphatic carbocycles. The van der Waals surface area contributed by atoms with Gasteiger partial charge >= 0.3 is 0 Å². The van der Waals surface area contributed by atoms with Crippen LogP contribution in [0.15, 0.2) is 59.1 Å². The van der Waals surface area contributed by atoms with Crippen LogP contribution in [0.2, 0.25) is 5.02 Å². The molecule has 8 heteroatoms. The Morgan fingerprint density at radius 1 is 1.25 bits per heavy atom. The molecule has 1 N–H and O–H groups in total. The number of nitrogens with one attached hydrogen (secondary N) is 1. The number of carbonyl (C=O) groups excluding carboxylic acids is 2. The molecule has 0 saturated carbocycles. The molecule has 1 aliphatic heterocycles. The van der Waals surface area contributed by atoms with Crippen molar-refractivity contribution in [2.24, 2.45) is 0 Å². The van der Waals surface area contributed by atoms with Crippen molar-refractivity contribution >= 4 is 40.9 Å². The molecule has 142 valence electrons. The van der Waals surface area contributed by atoms with E-state index in [4.69, 9.17) is 11.6 Å². The van der Waals surface area contributed by atoms with Crippen molar-refractivity contribution in [3.63, 3.8) is 0 Å². The van der Waals surface area contributed by atoms with Gasteiger partial charge in [0.05, 0.1) is 5.25 Å². The van der Waals surface area contributed by atoms with Gasteiger partial charge in [-0.15, -0.1) is 0 Å². The highest BCUT2D eigenvalue weighted by molar-refractivity contribution is 8.05. The molecule has 0 bridgehead atoms. The lowest BCUT2D eigenvalue weighted by molar-refractivity contribution is -0.117. The van der Waals surface area contributed by atoms with E-state index in [9.17, 15) is 19.2 Å². The number of carbonyl (C=O) groups is 2. The maximum atomic E-state index is 13.2. The average molecular weight is 416 g/mol. The highest BCUT2D eigenvalue weighted by Gasteiger charge is 2.40. The first kappa shape index (κ1) is 19.9. The fourth-order valence-electron chi connectivity index (χ4n) is 2.77. The maximum absolute atomic E-state index is 13.2. The van der Waals surface area contributed by atoms with Crippen LogP contribution in [0.1, 0.15) is 5.56 Å².